The lowest BCUT2D eigenvalue weighted by molar-refractivity contribution is -0.256. The molecule has 3 aliphatic rings. The Morgan fingerprint density at radius 3 is 1.09 bits per heavy atom. The lowest BCUT2D eigenvalue weighted by Crippen LogP contribution is -2.67. The lowest BCUT2D eigenvalue weighted by atomic mass is 9.84. The Morgan fingerprint density at radius 1 is 0.482 bits per heavy atom. The first-order valence-corrected chi connectivity index (χ1v) is 20.9. The van der Waals surface area contributed by atoms with Crippen LogP contribution in [-0.4, -0.2) is 48.6 Å². The van der Waals surface area contributed by atoms with Gasteiger partial charge in [-0.25, -0.2) is 9.13 Å². The molecule has 7 rings (SSSR count). The predicted molar refractivity (Wildman–Crippen MR) is 198 cm³/mol. The minimum atomic E-state index is -4.56. The third kappa shape index (κ3) is 9.90. The number of hydrogen-bond acceptors (Lipinski definition) is 14. The van der Waals surface area contributed by atoms with Crippen LogP contribution in [0.1, 0.15) is 47.2 Å². The predicted octanol–water partition coefficient (Wildman–Crippen LogP) is 7.51. The summed E-state index contributed by atoms with van der Waals surface area (Å²) in [5, 5.41) is 0. The van der Waals surface area contributed by atoms with Crippen LogP contribution in [0.25, 0.3) is 0 Å². The molecular formula is C40H42O14P2. The Bertz CT molecular complexity index is 1860. The molecule has 1 saturated carbocycles. The lowest BCUT2D eigenvalue weighted by Gasteiger charge is -2.48. The van der Waals surface area contributed by atoms with E-state index in [1.165, 1.54) is 13.8 Å². The van der Waals surface area contributed by atoms with Crippen molar-refractivity contribution >= 4 is 27.6 Å². The van der Waals surface area contributed by atoms with Gasteiger partial charge in [0, 0.05) is 13.8 Å². The van der Waals surface area contributed by atoms with Crippen molar-refractivity contribution in [2.45, 2.75) is 90.1 Å². The summed E-state index contributed by atoms with van der Waals surface area (Å²) in [4.78, 5) is 25.7. The van der Waals surface area contributed by atoms with Gasteiger partial charge in [0.25, 0.3) is 0 Å². The number of fused-ring (bicyclic) bond motifs is 2. The van der Waals surface area contributed by atoms with E-state index in [1.54, 1.807) is 0 Å². The van der Waals surface area contributed by atoms with E-state index in [0.717, 1.165) is 22.3 Å². The van der Waals surface area contributed by atoms with Gasteiger partial charge in [-0.2, -0.15) is 0 Å². The highest BCUT2D eigenvalue weighted by molar-refractivity contribution is 7.48. The van der Waals surface area contributed by atoms with E-state index in [4.69, 9.17) is 46.1 Å². The zero-order chi connectivity index (χ0) is 39.1. The van der Waals surface area contributed by atoms with Crippen LogP contribution in [-0.2, 0) is 104 Å². The van der Waals surface area contributed by atoms with E-state index in [9.17, 15) is 18.7 Å². The summed E-state index contributed by atoms with van der Waals surface area (Å²) >= 11 is 0. The van der Waals surface area contributed by atoms with Gasteiger partial charge in [-0.3, -0.25) is 36.7 Å². The second kappa shape index (κ2) is 18.0. The highest BCUT2D eigenvalue weighted by Gasteiger charge is 2.61. The number of benzene rings is 4. The Kier molecular flexibility index (Phi) is 12.9. The molecule has 0 unspecified atom stereocenters. The summed E-state index contributed by atoms with van der Waals surface area (Å²) in [6.45, 7) is 1.63. The van der Waals surface area contributed by atoms with Crippen molar-refractivity contribution in [1.29, 1.82) is 0 Å². The van der Waals surface area contributed by atoms with Crippen LogP contribution in [0.15, 0.2) is 109 Å². The summed E-state index contributed by atoms with van der Waals surface area (Å²) in [5.41, 5.74) is 4.32. The van der Waals surface area contributed by atoms with E-state index >= 15 is 0 Å². The molecule has 1 aliphatic carbocycles. The molecule has 4 aromatic rings. The molecule has 0 radical (unpaired) electrons. The summed E-state index contributed by atoms with van der Waals surface area (Å²) in [7, 11) is -9.11. The highest BCUT2D eigenvalue weighted by Crippen LogP contribution is 2.59. The first-order chi connectivity index (χ1) is 27.1. The third-order valence-corrected chi connectivity index (χ3v) is 12.2. The number of phosphoric acid groups is 2. The molecular weight excluding hydrogens is 766 g/mol. The average molecular weight is 809 g/mol. The molecule has 2 aliphatic heterocycles. The minimum absolute atomic E-state index is 0.0877. The van der Waals surface area contributed by atoms with E-state index in [0.29, 0.717) is 11.1 Å². The van der Waals surface area contributed by atoms with Gasteiger partial charge in [0.05, 0.1) is 39.6 Å². The second-order valence-electron chi connectivity index (χ2n) is 13.3. The summed E-state index contributed by atoms with van der Waals surface area (Å²) < 4.78 is 90.3. The van der Waals surface area contributed by atoms with E-state index in [-0.39, 0.29) is 39.6 Å². The van der Waals surface area contributed by atoms with Crippen LogP contribution < -0.4 is 0 Å². The maximum atomic E-state index is 14.7. The van der Waals surface area contributed by atoms with Crippen molar-refractivity contribution in [1.82, 2.24) is 0 Å². The van der Waals surface area contributed by atoms with Gasteiger partial charge < -0.3 is 18.9 Å². The molecule has 1 fully saturated rings. The molecule has 0 aromatic heterocycles. The van der Waals surface area contributed by atoms with Crippen molar-refractivity contribution < 1.29 is 64.8 Å². The molecule has 0 bridgehead atoms. The first-order valence-electron chi connectivity index (χ1n) is 18.0. The van der Waals surface area contributed by atoms with Gasteiger partial charge in [-0.15, -0.1) is 0 Å². The SMILES string of the molecule is CC(=O)O[C@@H]1[C@@H](OCc2ccccc2)[C@@H](OP2(=O)OCc3ccccc3CO2)[C@@H](OP2(=O)OCc3ccccc3CO2)[C@H](OCc2ccccc2)[C@H]1OC(C)=O. The first kappa shape index (κ1) is 40.2. The molecule has 0 amide bonds. The fourth-order valence-corrected chi connectivity index (χ4v) is 9.35. The zero-order valence-corrected chi connectivity index (χ0v) is 32.5. The Balaban J connectivity index is 1.33. The molecule has 0 N–H and O–H groups in total. The Hall–Kier alpha value is -4.04. The fourth-order valence-electron chi connectivity index (χ4n) is 6.69. The number of rotatable bonds is 12. The van der Waals surface area contributed by atoms with Crippen LogP contribution in [0.5, 0.6) is 0 Å². The molecule has 296 valence electrons. The molecule has 2 heterocycles. The maximum absolute atomic E-state index is 14.7. The largest absolute Gasteiger partial charge is 0.475 e. The van der Waals surface area contributed by atoms with Gasteiger partial charge in [0.2, 0.25) is 0 Å². The van der Waals surface area contributed by atoms with Gasteiger partial charge >= 0.3 is 27.6 Å². The molecule has 0 spiro atoms. The summed E-state index contributed by atoms with van der Waals surface area (Å²) in [5.74, 6) is -1.52. The monoisotopic (exact) mass is 808 g/mol. The Labute approximate surface area is 324 Å². The standard InChI is InChI=1S/C40H42O14P2/c1-27(41)51-37-35(45-21-29-13-5-3-6-14-29)39(53-55(43)47-23-31-17-9-10-18-32(31)24-48-55)40(54-56(44)49-25-33-19-11-12-20-34(33)26-50-56)36(38(37)52-28(2)42)46-22-30-15-7-4-8-16-30/h3-20,35-40H,21-26H2,1-2H3/t35-,36-,37-,38-,39-,40+/m1/s1. The van der Waals surface area contributed by atoms with Gasteiger partial charge in [-0.1, -0.05) is 109 Å². The maximum Gasteiger partial charge on any atom is 0.475 e. The van der Waals surface area contributed by atoms with Crippen LogP contribution >= 0.6 is 15.6 Å². The minimum Gasteiger partial charge on any atom is -0.456 e. The van der Waals surface area contributed by atoms with Crippen molar-refractivity contribution in [2.75, 3.05) is 0 Å². The second-order valence-corrected chi connectivity index (χ2v) is 16.6. The van der Waals surface area contributed by atoms with Gasteiger partial charge in [0.1, 0.15) is 24.4 Å². The van der Waals surface area contributed by atoms with Crippen LogP contribution in [0, 0.1) is 0 Å². The summed E-state index contributed by atoms with van der Waals surface area (Å²) in [6, 6.07) is 32.6. The normalized spacial score (nSPS) is 25.4. The number of hydrogen-bond donors (Lipinski definition) is 0. The molecule has 4 aromatic carbocycles. The van der Waals surface area contributed by atoms with Crippen LogP contribution in [0.2, 0.25) is 0 Å². The van der Waals surface area contributed by atoms with Gasteiger partial charge in [-0.05, 0) is 33.4 Å². The van der Waals surface area contributed by atoms with Crippen molar-refractivity contribution in [2.24, 2.45) is 0 Å². The van der Waals surface area contributed by atoms with Gasteiger partial charge in [0.15, 0.2) is 12.2 Å². The number of carbonyl (C=O) groups excluding carboxylic acids is 2. The Morgan fingerprint density at radius 2 is 0.786 bits per heavy atom. The smallest absolute Gasteiger partial charge is 0.456 e. The average Bonchev–Trinajstić information content (AvgIpc) is 3.47. The molecule has 0 saturated heterocycles. The fraction of sp³-hybridized carbons (Fsp3) is 0.350. The highest BCUT2D eigenvalue weighted by atomic mass is 31.2. The van der Waals surface area contributed by atoms with Crippen LogP contribution in [0.4, 0.5) is 0 Å². The van der Waals surface area contributed by atoms with E-state index in [2.05, 4.69) is 0 Å². The van der Waals surface area contributed by atoms with Crippen molar-refractivity contribution in [3.63, 3.8) is 0 Å². The number of ether oxygens (including phenoxy) is 4. The quantitative estimate of drug-likeness (QED) is 0.102. The van der Waals surface area contributed by atoms with E-state index < -0.39 is 64.2 Å². The van der Waals surface area contributed by atoms with Crippen molar-refractivity contribution in [3.05, 3.63) is 143 Å². The third-order valence-electron chi connectivity index (χ3n) is 9.37. The topological polar surface area (TPSA) is 161 Å². The number of esters is 2. The van der Waals surface area contributed by atoms with E-state index in [1.807, 2.05) is 109 Å². The molecule has 16 heteroatoms. The molecule has 6 atom stereocenters. The molecule has 14 nitrogen and oxygen atoms in total. The number of phosphoric ester groups is 2. The van der Waals surface area contributed by atoms with Crippen molar-refractivity contribution in [3.8, 4) is 0 Å². The number of carbonyl (C=O) groups is 2. The summed E-state index contributed by atoms with van der Waals surface area (Å²) in [6.07, 6.45) is -9.03. The molecule has 56 heavy (non-hydrogen) atoms. The van der Waals surface area contributed by atoms with Crippen LogP contribution in [0.3, 0.4) is 0 Å². The zero-order valence-electron chi connectivity index (χ0n) is 30.7.